The molecule has 106 valence electrons. The maximum Gasteiger partial charge on any atom is 0.217 e. The zero-order chi connectivity index (χ0) is 14.5. The molecule has 1 unspecified atom stereocenters. The van der Waals surface area contributed by atoms with Crippen molar-refractivity contribution in [1.82, 2.24) is 10.3 Å². The van der Waals surface area contributed by atoms with E-state index >= 15 is 0 Å². The molecule has 5 heteroatoms. The van der Waals surface area contributed by atoms with Crippen molar-refractivity contribution >= 4 is 0 Å². The maximum absolute atomic E-state index is 9.82. The fraction of sp³-hybridized carbons (Fsp3) is 0.267. The highest BCUT2D eigenvalue weighted by atomic mass is 16.5. The molecule has 1 aromatic heterocycles. The van der Waals surface area contributed by atoms with Gasteiger partial charge in [0.05, 0.1) is 12.7 Å². The quantitative estimate of drug-likeness (QED) is 0.780. The van der Waals surface area contributed by atoms with E-state index in [0.29, 0.717) is 18.0 Å². The highest BCUT2D eigenvalue weighted by molar-refractivity contribution is 5.45. The molecule has 1 aromatic carbocycles. The summed E-state index contributed by atoms with van der Waals surface area (Å²) >= 11 is 0. The molecular weight excluding hydrogens is 256 g/mol. The summed E-state index contributed by atoms with van der Waals surface area (Å²) in [5.74, 6) is 0.708. The van der Waals surface area contributed by atoms with Crippen molar-refractivity contribution in [2.75, 3.05) is 7.11 Å². The van der Waals surface area contributed by atoms with Crippen molar-refractivity contribution in [2.24, 2.45) is 0 Å². The number of benzene rings is 1. The van der Waals surface area contributed by atoms with Gasteiger partial charge in [-0.2, -0.15) is 0 Å². The Hall–Kier alpha value is -2.27. The molecule has 0 saturated carbocycles. The molecule has 0 aliphatic heterocycles. The van der Waals surface area contributed by atoms with Gasteiger partial charge in [-0.05, 0) is 25.1 Å². The Bertz CT molecular complexity index is 567. The summed E-state index contributed by atoms with van der Waals surface area (Å²) in [7, 11) is 1.57. The first-order chi connectivity index (χ1) is 9.63. The summed E-state index contributed by atoms with van der Waals surface area (Å²) in [6.45, 7) is 2.39. The van der Waals surface area contributed by atoms with Crippen LogP contribution in [0.2, 0.25) is 0 Å². The summed E-state index contributed by atoms with van der Waals surface area (Å²) in [6, 6.07) is 8.25. The van der Waals surface area contributed by atoms with E-state index in [1.54, 1.807) is 31.5 Å². The van der Waals surface area contributed by atoms with Crippen molar-refractivity contribution in [1.29, 1.82) is 0 Å². The third-order valence-corrected chi connectivity index (χ3v) is 3.14. The van der Waals surface area contributed by atoms with Crippen molar-refractivity contribution in [3.63, 3.8) is 0 Å². The Morgan fingerprint density at radius 1 is 1.20 bits per heavy atom. The zero-order valence-electron chi connectivity index (χ0n) is 11.5. The van der Waals surface area contributed by atoms with Gasteiger partial charge >= 0.3 is 0 Å². The number of phenolic OH excluding ortho intramolecular Hbond substituents is 2. The lowest BCUT2D eigenvalue weighted by Gasteiger charge is -2.17. The van der Waals surface area contributed by atoms with E-state index in [2.05, 4.69) is 10.3 Å². The number of methoxy groups -OCH3 is 1. The molecule has 1 atom stereocenters. The molecule has 5 nitrogen and oxygen atoms in total. The number of nitrogens with zero attached hydrogens (tertiary/aromatic N) is 1. The van der Waals surface area contributed by atoms with Crippen LogP contribution in [0.25, 0.3) is 0 Å². The predicted octanol–water partition coefficient (Wildman–Crippen LogP) is 2.35. The second-order valence-electron chi connectivity index (χ2n) is 4.48. The van der Waals surface area contributed by atoms with Gasteiger partial charge in [0.2, 0.25) is 5.88 Å². The topological polar surface area (TPSA) is 74.6 Å². The van der Waals surface area contributed by atoms with Crippen LogP contribution >= 0.6 is 0 Å². The van der Waals surface area contributed by atoms with Crippen LogP contribution in [-0.4, -0.2) is 22.3 Å². The van der Waals surface area contributed by atoms with Crippen LogP contribution in [0.1, 0.15) is 24.1 Å². The monoisotopic (exact) mass is 274 g/mol. The second kappa shape index (κ2) is 6.25. The number of ether oxygens (including phenoxy) is 1. The summed E-state index contributed by atoms with van der Waals surface area (Å²) in [5, 5.41) is 22.9. The number of hydrogen-bond acceptors (Lipinski definition) is 5. The minimum Gasteiger partial charge on any atom is -0.507 e. The van der Waals surface area contributed by atoms with Crippen molar-refractivity contribution < 1.29 is 14.9 Å². The Balaban J connectivity index is 2.11. The molecule has 20 heavy (non-hydrogen) atoms. The molecule has 0 aliphatic carbocycles. The molecule has 2 aromatic rings. The fourth-order valence-electron chi connectivity index (χ4n) is 2.09. The normalized spacial score (nSPS) is 12.1. The summed E-state index contributed by atoms with van der Waals surface area (Å²) in [5.41, 5.74) is 1.40. The lowest BCUT2D eigenvalue weighted by atomic mass is 10.1. The number of hydrogen-bond donors (Lipinski definition) is 3. The lowest BCUT2D eigenvalue weighted by Crippen LogP contribution is -2.19. The first-order valence-corrected chi connectivity index (χ1v) is 6.35. The fourth-order valence-corrected chi connectivity index (χ4v) is 2.09. The average molecular weight is 274 g/mol. The highest BCUT2D eigenvalue weighted by Crippen LogP contribution is 2.32. The van der Waals surface area contributed by atoms with Crippen LogP contribution in [0.3, 0.4) is 0 Å². The molecule has 3 N–H and O–H groups in total. The van der Waals surface area contributed by atoms with Gasteiger partial charge in [-0.15, -0.1) is 0 Å². The van der Waals surface area contributed by atoms with E-state index in [-0.39, 0.29) is 17.5 Å². The van der Waals surface area contributed by atoms with E-state index < -0.39 is 0 Å². The molecule has 0 aliphatic rings. The van der Waals surface area contributed by atoms with E-state index in [0.717, 1.165) is 5.56 Å². The van der Waals surface area contributed by atoms with Crippen molar-refractivity contribution in [2.45, 2.75) is 19.5 Å². The third kappa shape index (κ3) is 3.00. The van der Waals surface area contributed by atoms with E-state index in [1.165, 1.54) is 0 Å². The Morgan fingerprint density at radius 3 is 2.55 bits per heavy atom. The van der Waals surface area contributed by atoms with Crippen LogP contribution in [0.5, 0.6) is 17.4 Å². The van der Waals surface area contributed by atoms with Crippen molar-refractivity contribution in [3.05, 3.63) is 47.7 Å². The minimum absolute atomic E-state index is 0.0724. The van der Waals surface area contributed by atoms with Gasteiger partial charge in [-0.25, -0.2) is 4.98 Å². The number of phenols is 2. The van der Waals surface area contributed by atoms with Crippen LogP contribution < -0.4 is 10.1 Å². The molecule has 0 saturated heterocycles. The molecule has 2 rings (SSSR count). The standard InChI is InChI=1S/C15H18N2O3/c1-10(14-12(18)6-3-7-13(14)19)17-9-11-5-4-8-16-15(11)20-2/h3-8,10,17-19H,9H2,1-2H3. The predicted molar refractivity (Wildman–Crippen MR) is 75.8 cm³/mol. The van der Waals surface area contributed by atoms with Crippen LogP contribution in [0.4, 0.5) is 0 Å². The number of nitrogens with one attached hydrogen (secondary N) is 1. The molecule has 0 bridgehead atoms. The molecule has 0 radical (unpaired) electrons. The van der Waals surface area contributed by atoms with Gasteiger partial charge in [0.15, 0.2) is 0 Å². The van der Waals surface area contributed by atoms with Gasteiger partial charge in [0.25, 0.3) is 0 Å². The van der Waals surface area contributed by atoms with E-state index in [4.69, 9.17) is 4.74 Å². The van der Waals surface area contributed by atoms with E-state index in [1.807, 2.05) is 19.1 Å². The first-order valence-electron chi connectivity index (χ1n) is 6.35. The number of pyridine rings is 1. The van der Waals surface area contributed by atoms with Crippen LogP contribution in [0, 0.1) is 0 Å². The van der Waals surface area contributed by atoms with Gasteiger partial charge in [0, 0.05) is 24.3 Å². The first kappa shape index (κ1) is 14.1. The third-order valence-electron chi connectivity index (χ3n) is 3.14. The van der Waals surface area contributed by atoms with Crippen LogP contribution in [0.15, 0.2) is 36.5 Å². The second-order valence-corrected chi connectivity index (χ2v) is 4.48. The number of aromatic nitrogens is 1. The smallest absolute Gasteiger partial charge is 0.217 e. The SMILES string of the molecule is COc1ncccc1CNC(C)c1c(O)cccc1O. The minimum atomic E-state index is -0.207. The van der Waals surface area contributed by atoms with Gasteiger partial charge in [0.1, 0.15) is 11.5 Å². The van der Waals surface area contributed by atoms with Crippen LogP contribution in [-0.2, 0) is 6.54 Å². The van der Waals surface area contributed by atoms with Crippen molar-refractivity contribution in [3.8, 4) is 17.4 Å². The summed E-state index contributed by atoms with van der Waals surface area (Å²) in [6.07, 6.45) is 1.67. The van der Waals surface area contributed by atoms with Gasteiger partial charge in [-0.3, -0.25) is 0 Å². The zero-order valence-corrected chi connectivity index (χ0v) is 11.5. The summed E-state index contributed by atoms with van der Waals surface area (Å²) in [4.78, 5) is 4.12. The highest BCUT2D eigenvalue weighted by Gasteiger charge is 2.15. The molecule has 0 fully saturated rings. The molecular formula is C15H18N2O3. The average Bonchev–Trinajstić information content (AvgIpc) is 2.45. The number of rotatable bonds is 5. The maximum atomic E-state index is 9.82. The van der Waals surface area contributed by atoms with Gasteiger partial charge in [-0.1, -0.05) is 12.1 Å². The molecule has 0 amide bonds. The Kier molecular flexibility index (Phi) is 4.42. The summed E-state index contributed by atoms with van der Waals surface area (Å²) < 4.78 is 5.18. The Labute approximate surface area is 117 Å². The molecule has 0 spiro atoms. The lowest BCUT2D eigenvalue weighted by molar-refractivity contribution is 0.387. The Morgan fingerprint density at radius 2 is 1.90 bits per heavy atom. The largest absolute Gasteiger partial charge is 0.507 e. The number of aromatic hydroxyl groups is 2. The van der Waals surface area contributed by atoms with Gasteiger partial charge < -0.3 is 20.3 Å². The van der Waals surface area contributed by atoms with E-state index in [9.17, 15) is 10.2 Å². The molecule has 1 heterocycles.